The Morgan fingerprint density at radius 2 is 2.00 bits per heavy atom. The molecule has 0 heterocycles. The molecule has 1 fully saturated rings. The van der Waals surface area contributed by atoms with Gasteiger partial charge in [0, 0.05) is 17.1 Å². The van der Waals surface area contributed by atoms with E-state index in [1.165, 1.54) is 18.5 Å². The number of benzene rings is 1. The third-order valence-electron chi connectivity index (χ3n) is 3.31. The van der Waals surface area contributed by atoms with Crippen molar-refractivity contribution >= 4 is 21.6 Å². The van der Waals surface area contributed by atoms with Gasteiger partial charge in [-0.15, -0.1) is 0 Å². The van der Waals surface area contributed by atoms with Crippen molar-refractivity contribution in [2.75, 3.05) is 11.4 Å². The zero-order chi connectivity index (χ0) is 13.3. The Morgan fingerprint density at radius 1 is 1.33 bits per heavy atom. The molecule has 0 unspecified atom stereocenters. The Morgan fingerprint density at radius 3 is 2.44 bits per heavy atom. The van der Waals surface area contributed by atoms with Crippen LogP contribution in [0.25, 0.3) is 0 Å². The molecule has 18 heavy (non-hydrogen) atoms. The van der Waals surface area contributed by atoms with E-state index in [9.17, 15) is 5.11 Å². The summed E-state index contributed by atoms with van der Waals surface area (Å²) in [5.74, 6) is 0.661. The molecule has 0 spiro atoms. The summed E-state index contributed by atoms with van der Waals surface area (Å²) in [7, 11) is 0. The quantitative estimate of drug-likeness (QED) is 0.884. The van der Waals surface area contributed by atoms with Gasteiger partial charge in [0.15, 0.2) is 0 Å². The molecule has 2 nitrogen and oxygen atoms in total. The lowest BCUT2D eigenvalue weighted by molar-refractivity contribution is 0.199. The average molecular weight is 312 g/mol. The molecule has 1 N–H and O–H groups in total. The van der Waals surface area contributed by atoms with Gasteiger partial charge in [0.05, 0.1) is 11.8 Å². The van der Waals surface area contributed by atoms with Gasteiger partial charge >= 0.3 is 0 Å². The molecule has 1 atom stereocenters. The van der Waals surface area contributed by atoms with Gasteiger partial charge in [-0.05, 0) is 59.3 Å². The van der Waals surface area contributed by atoms with Gasteiger partial charge in [-0.25, -0.2) is 0 Å². The second kappa shape index (κ2) is 5.62. The SMILES string of the molecule is CC(C)CN(c1ccc([C@@H](C)O)cc1Br)C1CC1. The molecular weight excluding hydrogens is 290 g/mol. The first-order chi connectivity index (χ1) is 8.49. The molecule has 0 saturated heterocycles. The van der Waals surface area contributed by atoms with Crippen LogP contribution in [-0.2, 0) is 0 Å². The first-order valence-corrected chi connectivity index (χ1v) is 7.52. The Hall–Kier alpha value is -0.540. The summed E-state index contributed by atoms with van der Waals surface area (Å²) in [5, 5.41) is 9.61. The molecule has 0 aromatic heterocycles. The van der Waals surface area contributed by atoms with Crippen LogP contribution in [0.15, 0.2) is 22.7 Å². The minimum absolute atomic E-state index is 0.408. The van der Waals surface area contributed by atoms with Crippen molar-refractivity contribution in [1.82, 2.24) is 0 Å². The minimum atomic E-state index is -0.408. The van der Waals surface area contributed by atoms with Crippen LogP contribution >= 0.6 is 15.9 Å². The lowest BCUT2D eigenvalue weighted by Crippen LogP contribution is -2.30. The number of aliphatic hydroxyl groups excluding tert-OH is 1. The van der Waals surface area contributed by atoms with Crippen molar-refractivity contribution in [1.29, 1.82) is 0 Å². The standard InChI is InChI=1S/C15H22BrNO/c1-10(2)9-17(13-5-6-13)15-7-4-12(11(3)18)8-14(15)16/h4,7-8,10-11,13,18H,5-6,9H2,1-3H3/t11-/m1/s1. The van der Waals surface area contributed by atoms with E-state index in [1.54, 1.807) is 6.92 Å². The number of hydrogen-bond donors (Lipinski definition) is 1. The van der Waals surface area contributed by atoms with Gasteiger partial charge in [-0.1, -0.05) is 19.9 Å². The third kappa shape index (κ3) is 3.27. The highest BCUT2D eigenvalue weighted by Gasteiger charge is 2.30. The van der Waals surface area contributed by atoms with E-state index in [0.29, 0.717) is 12.0 Å². The smallest absolute Gasteiger partial charge is 0.0762 e. The maximum Gasteiger partial charge on any atom is 0.0762 e. The van der Waals surface area contributed by atoms with Crippen molar-refractivity contribution in [2.24, 2.45) is 5.92 Å². The van der Waals surface area contributed by atoms with Crippen molar-refractivity contribution in [2.45, 2.75) is 45.8 Å². The highest BCUT2D eigenvalue weighted by molar-refractivity contribution is 9.10. The van der Waals surface area contributed by atoms with Gasteiger partial charge in [0.1, 0.15) is 0 Å². The number of anilines is 1. The van der Waals surface area contributed by atoms with E-state index in [2.05, 4.69) is 40.7 Å². The number of hydrogen-bond acceptors (Lipinski definition) is 2. The van der Waals surface area contributed by atoms with Gasteiger partial charge in [-0.3, -0.25) is 0 Å². The summed E-state index contributed by atoms with van der Waals surface area (Å²) in [4.78, 5) is 2.50. The molecule has 100 valence electrons. The van der Waals surface area contributed by atoms with Crippen molar-refractivity contribution in [3.05, 3.63) is 28.2 Å². The van der Waals surface area contributed by atoms with Crippen LogP contribution in [-0.4, -0.2) is 17.7 Å². The molecule has 3 heteroatoms. The first kappa shape index (κ1) is 13.9. The molecular formula is C15H22BrNO. The van der Waals surface area contributed by atoms with E-state index in [-0.39, 0.29) is 0 Å². The Kier molecular flexibility index (Phi) is 4.33. The molecule has 1 aromatic carbocycles. The first-order valence-electron chi connectivity index (χ1n) is 6.73. The molecule has 1 saturated carbocycles. The summed E-state index contributed by atoms with van der Waals surface area (Å²) in [6.07, 6.45) is 2.20. The van der Waals surface area contributed by atoms with Crippen molar-refractivity contribution in [3.8, 4) is 0 Å². The zero-order valence-corrected chi connectivity index (χ0v) is 12.9. The summed E-state index contributed by atoms with van der Waals surface area (Å²) >= 11 is 3.65. The van der Waals surface area contributed by atoms with Gasteiger partial charge < -0.3 is 10.0 Å². The van der Waals surface area contributed by atoms with Crippen LogP contribution in [0.4, 0.5) is 5.69 Å². The maximum absolute atomic E-state index is 9.61. The monoisotopic (exact) mass is 311 g/mol. The molecule has 1 aromatic rings. The van der Waals surface area contributed by atoms with Crippen LogP contribution in [0.3, 0.4) is 0 Å². The minimum Gasteiger partial charge on any atom is -0.389 e. The lowest BCUT2D eigenvalue weighted by atomic mass is 10.1. The lowest BCUT2D eigenvalue weighted by Gasteiger charge is -2.28. The molecule has 1 aliphatic rings. The molecule has 0 bridgehead atoms. The zero-order valence-electron chi connectivity index (χ0n) is 11.4. The number of aliphatic hydroxyl groups is 1. The normalized spacial score (nSPS) is 17.0. The fourth-order valence-electron chi connectivity index (χ4n) is 2.24. The molecule has 0 amide bonds. The predicted molar refractivity (Wildman–Crippen MR) is 80.0 cm³/mol. The summed E-state index contributed by atoms with van der Waals surface area (Å²) in [6, 6.07) is 6.91. The number of nitrogens with zero attached hydrogens (tertiary/aromatic N) is 1. The summed E-state index contributed by atoms with van der Waals surface area (Å²) in [6.45, 7) is 7.41. The van der Waals surface area contributed by atoms with Crippen LogP contribution in [0.2, 0.25) is 0 Å². The van der Waals surface area contributed by atoms with Crippen molar-refractivity contribution in [3.63, 3.8) is 0 Å². The van der Waals surface area contributed by atoms with Crippen LogP contribution in [0.1, 0.15) is 45.3 Å². The third-order valence-corrected chi connectivity index (χ3v) is 3.95. The number of halogens is 1. The van der Waals surface area contributed by atoms with E-state index in [0.717, 1.165) is 16.6 Å². The Bertz CT molecular complexity index is 413. The van der Waals surface area contributed by atoms with E-state index < -0.39 is 6.10 Å². The molecule has 1 aliphatic carbocycles. The summed E-state index contributed by atoms with van der Waals surface area (Å²) in [5.41, 5.74) is 2.22. The topological polar surface area (TPSA) is 23.5 Å². The number of rotatable bonds is 5. The fourth-order valence-corrected chi connectivity index (χ4v) is 2.86. The highest BCUT2D eigenvalue weighted by Crippen LogP contribution is 2.37. The van der Waals surface area contributed by atoms with Crippen LogP contribution in [0.5, 0.6) is 0 Å². The maximum atomic E-state index is 9.61. The Balaban J connectivity index is 2.24. The van der Waals surface area contributed by atoms with Crippen LogP contribution in [0, 0.1) is 5.92 Å². The van der Waals surface area contributed by atoms with E-state index in [1.807, 2.05) is 12.1 Å². The van der Waals surface area contributed by atoms with Gasteiger partial charge in [0.2, 0.25) is 0 Å². The van der Waals surface area contributed by atoms with Crippen LogP contribution < -0.4 is 4.90 Å². The van der Waals surface area contributed by atoms with E-state index in [4.69, 9.17) is 0 Å². The predicted octanol–water partition coefficient (Wildman–Crippen LogP) is 4.13. The van der Waals surface area contributed by atoms with E-state index >= 15 is 0 Å². The van der Waals surface area contributed by atoms with Gasteiger partial charge in [-0.2, -0.15) is 0 Å². The molecule has 0 aliphatic heterocycles. The second-order valence-corrected chi connectivity index (χ2v) is 6.52. The average Bonchev–Trinajstić information content (AvgIpc) is 3.09. The molecule has 0 radical (unpaired) electrons. The largest absolute Gasteiger partial charge is 0.389 e. The molecule has 2 rings (SSSR count). The highest BCUT2D eigenvalue weighted by atomic mass is 79.9. The summed E-state index contributed by atoms with van der Waals surface area (Å²) < 4.78 is 1.09. The fraction of sp³-hybridized carbons (Fsp3) is 0.600. The van der Waals surface area contributed by atoms with Crippen molar-refractivity contribution < 1.29 is 5.11 Å². The van der Waals surface area contributed by atoms with Gasteiger partial charge in [0.25, 0.3) is 0 Å². The second-order valence-electron chi connectivity index (χ2n) is 5.66. The Labute approximate surface area is 118 Å².